The van der Waals surface area contributed by atoms with Crippen molar-refractivity contribution in [3.8, 4) is 0 Å². The van der Waals surface area contributed by atoms with Crippen LogP contribution in [0.4, 0.5) is 0 Å². The zero-order valence-corrected chi connectivity index (χ0v) is 20.2. The van der Waals surface area contributed by atoms with Crippen LogP contribution in [-0.4, -0.2) is 70.5 Å². The lowest BCUT2D eigenvalue weighted by molar-refractivity contribution is -0.596. The van der Waals surface area contributed by atoms with Crippen molar-refractivity contribution >= 4 is 11.6 Å². The van der Waals surface area contributed by atoms with E-state index in [9.17, 15) is 29.8 Å². The number of carbonyl (C=O) groups excluding carboxylic acids is 2. The Morgan fingerprint density at radius 2 is 0.941 bits per heavy atom. The first-order valence-electron chi connectivity index (χ1n) is 10.9. The molecule has 0 N–H and O–H groups in total. The molecule has 0 radical (unpaired) electrons. The monoisotopic (exact) mass is 482 g/mol. The van der Waals surface area contributed by atoms with Gasteiger partial charge in [0.2, 0.25) is 0 Å². The number of ketones is 2. The lowest BCUT2D eigenvalue weighted by Crippen LogP contribution is -2.57. The molecule has 1 aliphatic carbocycles. The molecule has 0 aromatic heterocycles. The molecule has 12 heteroatoms. The molecule has 188 valence electrons. The Hall–Kier alpha value is -2.54. The summed E-state index contributed by atoms with van der Waals surface area (Å²) in [5, 5.41) is 24.2. The van der Waals surface area contributed by atoms with Gasteiger partial charge >= 0.3 is 0 Å². The van der Waals surface area contributed by atoms with Gasteiger partial charge in [-0.05, 0) is 41.5 Å². The van der Waals surface area contributed by atoms with Gasteiger partial charge in [-0.15, -0.1) is 0 Å². The maximum absolute atomic E-state index is 13.3. The van der Waals surface area contributed by atoms with Crippen molar-refractivity contribution < 1.29 is 38.4 Å². The van der Waals surface area contributed by atoms with Crippen LogP contribution in [0.1, 0.15) is 54.4 Å². The van der Waals surface area contributed by atoms with Crippen LogP contribution in [-0.2, 0) is 28.5 Å². The fraction of sp³-hybridized carbons (Fsp3) is 0.727. The van der Waals surface area contributed by atoms with Gasteiger partial charge in [-0.3, -0.25) is 29.8 Å². The van der Waals surface area contributed by atoms with Crippen LogP contribution in [0.25, 0.3) is 0 Å². The Kier molecular flexibility index (Phi) is 6.59. The van der Waals surface area contributed by atoms with Crippen LogP contribution in [0, 0.1) is 20.2 Å². The van der Waals surface area contributed by atoms with Crippen LogP contribution in [0.3, 0.4) is 0 Å². The smallest absolute Gasteiger partial charge is 0.272 e. The minimum absolute atomic E-state index is 0.136. The number of Topliss-reactive ketones (excluding diaryl/α,β-unsaturated/α-hetero) is 2. The molecule has 34 heavy (non-hydrogen) atoms. The third-order valence-corrected chi connectivity index (χ3v) is 6.70. The van der Waals surface area contributed by atoms with E-state index in [0.717, 1.165) is 0 Å². The standard InChI is InChI=1S/C22H30N2O10/c1-13-14(2)18(26)16(8-22(24(29)30)11-33-20(5,6)34-12-22)15(17(13)25)7-21(23(27)28)9-31-19(3,4)32-10-21/h7-12H2,1-6H3. The van der Waals surface area contributed by atoms with Crippen molar-refractivity contribution in [2.24, 2.45) is 0 Å². The second-order valence-electron chi connectivity index (χ2n) is 10.1. The Bertz CT molecular complexity index is 909. The summed E-state index contributed by atoms with van der Waals surface area (Å²) in [6.07, 6.45) is -0.941. The van der Waals surface area contributed by atoms with E-state index in [1.165, 1.54) is 13.8 Å². The molecular formula is C22H30N2O10. The van der Waals surface area contributed by atoms with Crippen LogP contribution >= 0.6 is 0 Å². The molecule has 0 atom stereocenters. The predicted molar refractivity (Wildman–Crippen MR) is 116 cm³/mol. The van der Waals surface area contributed by atoms with Crippen molar-refractivity contribution in [1.82, 2.24) is 0 Å². The van der Waals surface area contributed by atoms with Crippen LogP contribution in [0.15, 0.2) is 22.3 Å². The van der Waals surface area contributed by atoms with E-state index in [0.29, 0.717) is 0 Å². The molecule has 12 nitrogen and oxygen atoms in total. The molecule has 2 saturated heterocycles. The van der Waals surface area contributed by atoms with Crippen LogP contribution in [0.5, 0.6) is 0 Å². The number of carbonyl (C=O) groups is 2. The van der Waals surface area contributed by atoms with Crippen LogP contribution in [0.2, 0.25) is 0 Å². The van der Waals surface area contributed by atoms with E-state index in [1.54, 1.807) is 27.7 Å². The molecule has 0 spiro atoms. The second-order valence-corrected chi connectivity index (χ2v) is 10.1. The molecule has 0 aromatic carbocycles. The molecule has 0 aromatic rings. The molecule has 0 unspecified atom stereocenters. The average molecular weight is 482 g/mol. The Labute approximate surface area is 196 Å². The van der Waals surface area contributed by atoms with Gasteiger partial charge in [-0.1, -0.05) is 0 Å². The third-order valence-electron chi connectivity index (χ3n) is 6.70. The number of hydrogen-bond acceptors (Lipinski definition) is 10. The minimum Gasteiger partial charge on any atom is -0.343 e. The second kappa shape index (κ2) is 8.59. The first kappa shape index (κ1) is 26.1. The summed E-state index contributed by atoms with van der Waals surface area (Å²) in [6.45, 7) is 7.94. The fourth-order valence-corrected chi connectivity index (χ4v) is 4.04. The lowest BCUT2D eigenvalue weighted by Gasteiger charge is -2.40. The third kappa shape index (κ3) is 4.67. The molecule has 0 amide bonds. The zero-order valence-electron chi connectivity index (χ0n) is 20.2. The first-order chi connectivity index (χ1) is 15.5. The summed E-state index contributed by atoms with van der Waals surface area (Å²) < 4.78 is 22.1. The Balaban J connectivity index is 2.07. The van der Waals surface area contributed by atoms with Crippen molar-refractivity contribution in [2.75, 3.05) is 26.4 Å². The summed E-state index contributed by atoms with van der Waals surface area (Å²) in [7, 11) is 0. The summed E-state index contributed by atoms with van der Waals surface area (Å²) in [4.78, 5) is 49.6. The van der Waals surface area contributed by atoms with Crippen LogP contribution < -0.4 is 0 Å². The van der Waals surface area contributed by atoms with E-state index in [2.05, 4.69) is 0 Å². The van der Waals surface area contributed by atoms with Gasteiger partial charge in [0.15, 0.2) is 23.1 Å². The largest absolute Gasteiger partial charge is 0.343 e. The molecule has 0 saturated carbocycles. The topological polar surface area (TPSA) is 157 Å². The molecular weight excluding hydrogens is 452 g/mol. The molecule has 2 heterocycles. The number of rotatable bonds is 6. The van der Waals surface area contributed by atoms with Crippen molar-refractivity contribution in [1.29, 1.82) is 0 Å². The van der Waals surface area contributed by atoms with Gasteiger partial charge < -0.3 is 18.9 Å². The Morgan fingerprint density at radius 1 is 0.676 bits per heavy atom. The predicted octanol–water partition coefficient (Wildman–Crippen LogP) is 2.15. The highest BCUT2D eigenvalue weighted by molar-refractivity contribution is 6.24. The summed E-state index contributed by atoms with van der Waals surface area (Å²) in [6, 6.07) is 0. The number of allylic oxidation sites excluding steroid dienone is 2. The molecule has 3 aliphatic rings. The van der Waals surface area contributed by atoms with Crippen molar-refractivity contribution in [2.45, 2.75) is 77.0 Å². The molecule has 0 bridgehead atoms. The molecule has 2 fully saturated rings. The fourth-order valence-electron chi connectivity index (χ4n) is 4.04. The number of ether oxygens (including phenoxy) is 4. The summed E-state index contributed by atoms with van der Waals surface area (Å²) in [5.41, 5.74) is -3.65. The Morgan fingerprint density at radius 3 is 1.18 bits per heavy atom. The number of nitro groups is 2. The normalized spacial score (nSPS) is 25.9. The van der Waals surface area contributed by atoms with Gasteiger partial charge in [0, 0.05) is 32.1 Å². The van der Waals surface area contributed by atoms with E-state index >= 15 is 0 Å². The van der Waals surface area contributed by atoms with Gasteiger partial charge in [0.05, 0.1) is 12.8 Å². The maximum Gasteiger partial charge on any atom is 0.272 e. The number of hydrogen-bond donors (Lipinski definition) is 0. The van der Waals surface area contributed by atoms with Crippen molar-refractivity contribution in [3.05, 3.63) is 42.5 Å². The molecule has 3 rings (SSSR count). The highest BCUT2D eigenvalue weighted by Gasteiger charge is 2.55. The summed E-state index contributed by atoms with van der Waals surface area (Å²) >= 11 is 0. The highest BCUT2D eigenvalue weighted by atomic mass is 16.7. The highest BCUT2D eigenvalue weighted by Crippen LogP contribution is 2.39. The summed E-state index contributed by atoms with van der Waals surface area (Å²) in [5.74, 6) is -3.21. The van der Waals surface area contributed by atoms with Gasteiger partial charge in [0.25, 0.3) is 11.1 Å². The minimum atomic E-state index is -1.83. The van der Waals surface area contributed by atoms with Crippen molar-refractivity contribution in [3.63, 3.8) is 0 Å². The van der Waals surface area contributed by atoms with E-state index < -0.39 is 56.9 Å². The van der Waals surface area contributed by atoms with Gasteiger partial charge in [0.1, 0.15) is 26.4 Å². The maximum atomic E-state index is 13.3. The first-order valence-corrected chi connectivity index (χ1v) is 10.9. The SMILES string of the molecule is CC1=C(C)C(=O)C(CC2([N+](=O)[O-])COC(C)(C)OC2)=C(CC2([N+](=O)[O-])COC(C)(C)OC2)C1=O. The van der Waals surface area contributed by atoms with E-state index in [-0.39, 0.29) is 48.7 Å². The zero-order chi connectivity index (χ0) is 25.7. The quantitative estimate of drug-likeness (QED) is 0.312. The van der Waals surface area contributed by atoms with E-state index in [4.69, 9.17) is 18.9 Å². The number of nitrogens with zero attached hydrogens (tertiary/aromatic N) is 2. The van der Waals surface area contributed by atoms with Gasteiger partial charge in [-0.2, -0.15) is 0 Å². The lowest BCUT2D eigenvalue weighted by atomic mass is 9.75. The molecule has 2 aliphatic heterocycles. The van der Waals surface area contributed by atoms with Gasteiger partial charge in [-0.25, -0.2) is 0 Å². The average Bonchev–Trinajstić information content (AvgIpc) is 2.75. The van der Waals surface area contributed by atoms with E-state index in [1.807, 2.05) is 0 Å².